The van der Waals surface area contributed by atoms with Crippen LogP contribution in [0.2, 0.25) is 0 Å². The van der Waals surface area contributed by atoms with Crippen LogP contribution in [0.3, 0.4) is 0 Å². The SMILES string of the molecule is CCNc1ncnc(N(C)Cc2cccc(F)c2)c1OC. The minimum atomic E-state index is -0.246. The van der Waals surface area contributed by atoms with Crippen molar-refractivity contribution in [2.24, 2.45) is 0 Å². The Morgan fingerprint density at radius 3 is 2.81 bits per heavy atom. The summed E-state index contributed by atoms with van der Waals surface area (Å²) in [4.78, 5) is 10.3. The van der Waals surface area contributed by atoms with Crippen molar-refractivity contribution in [2.45, 2.75) is 13.5 Å². The number of ether oxygens (including phenoxy) is 1. The van der Waals surface area contributed by atoms with E-state index in [1.54, 1.807) is 13.2 Å². The molecule has 21 heavy (non-hydrogen) atoms. The second-order valence-corrected chi connectivity index (χ2v) is 4.60. The van der Waals surface area contributed by atoms with Gasteiger partial charge in [0, 0.05) is 20.1 Å². The van der Waals surface area contributed by atoms with Gasteiger partial charge < -0.3 is 15.0 Å². The van der Waals surface area contributed by atoms with Gasteiger partial charge in [-0.25, -0.2) is 14.4 Å². The van der Waals surface area contributed by atoms with E-state index in [1.807, 2.05) is 24.9 Å². The highest BCUT2D eigenvalue weighted by atomic mass is 19.1. The lowest BCUT2D eigenvalue weighted by Gasteiger charge is -2.21. The van der Waals surface area contributed by atoms with Crippen LogP contribution in [0, 0.1) is 5.82 Å². The standard InChI is InChI=1S/C15H19FN4O/c1-4-17-14-13(21-3)15(19-10-18-14)20(2)9-11-6-5-7-12(16)8-11/h5-8,10H,4,9H2,1-3H3,(H,17,18,19). The van der Waals surface area contributed by atoms with Gasteiger partial charge in [-0.2, -0.15) is 0 Å². The number of nitrogens with one attached hydrogen (secondary N) is 1. The van der Waals surface area contributed by atoms with Gasteiger partial charge in [-0.1, -0.05) is 12.1 Å². The molecule has 0 bridgehead atoms. The van der Waals surface area contributed by atoms with Crippen LogP contribution < -0.4 is 15.0 Å². The predicted octanol–water partition coefficient (Wildman–Crippen LogP) is 2.69. The summed E-state index contributed by atoms with van der Waals surface area (Å²) >= 11 is 0. The molecule has 0 unspecified atom stereocenters. The van der Waals surface area contributed by atoms with Crippen molar-refractivity contribution < 1.29 is 9.13 Å². The molecule has 0 fully saturated rings. The molecule has 0 spiro atoms. The molecule has 0 radical (unpaired) electrons. The van der Waals surface area contributed by atoms with Gasteiger partial charge in [0.2, 0.25) is 5.75 Å². The fourth-order valence-corrected chi connectivity index (χ4v) is 2.10. The maximum atomic E-state index is 13.3. The van der Waals surface area contributed by atoms with Gasteiger partial charge in [0.05, 0.1) is 7.11 Å². The van der Waals surface area contributed by atoms with Gasteiger partial charge >= 0.3 is 0 Å². The first-order valence-electron chi connectivity index (χ1n) is 6.74. The molecule has 2 rings (SSSR count). The van der Waals surface area contributed by atoms with Crippen molar-refractivity contribution >= 4 is 11.6 Å². The maximum absolute atomic E-state index is 13.3. The average Bonchev–Trinajstić information content (AvgIpc) is 2.47. The second-order valence-electron chi connectivity index (χ2n) is 4.60. The summed E-state index contributed by atoms with van der Waals surface area (Å²) in [5.41, 5.74) is 0.864. The minimum absolute atomic E-state index is 0.246. The summed E-state index contributed by atoms with van der Waals surface area (Å²) in [6, 6.07) is 6.51. The third-order valence-corrected chi connectivity index (χ3v) is 3.00. The van der Waals surface area contributed by atoms with Gasteiger partial charge in [-0.15, -0.1) is 0 Å². The molecule has 1 aromatic heterocycles. The van der Waals surface area contributed by atoms with Crippen LogP contribution in [0.15, 0.2) is 30.6 Å². The number of halogens is 1. The van der Waals surface area contributed by atoms with Crippen LogP contribution in [-0.4, -0.2) is 30.7 Å². The second kappa shape index (κ2) is 6.88. The Morgan fingerprint density at radius 2 is 2.14 bits per heavy atom. The van der Waals surface area contributed by atoms with E-state index >= 15 is 0 Å². The predicted molar refractivity (Wildman–Crippen MR) is 81.3 cm³/mol. The van der Waals surface area contributed by atoms with Crippen LogP contribution in [0.4, 0.5) is 16.0 Å². The molecule has 0 atom stereocenters. The molecule has 0 saturated heterocycles. The van der Waals surface area contributed by atoms with E-state index in [0.717, 1.165) is 12.1 Å². The highest BCUT2D eigenvalue weighted by Crippen LogP contribution is 2.31. The van der Waals surface area contributed by atoms with E-state index in [0.29, 0.717) is 23.9 Å². The first-order valence-corrected chi connectivity index (χ1v) is 6.74. The fourth-order valence-electron chi connectivity index (χ4n) is 2.10. The summed E-state index contributed by atoms with van der Waals surface area (Å²) < 4.78 is 18.7. The summed E-state index contributed by atoms with van der Waals surface area (Å²) in [6.45, 7) is 3.24. The van der Waals surface area contributed by atoms with E-state index in [9.17, 15) is 4.39 Å². The molecule has 2 aromatic rings. The first kappa shape index (κ1) is 15.0. The molecule has 1 N–H and O–H groups in total. The molecule has 0 aliphatic heterocycles. The summed E-state index contributed by atoms with van der Waals surface area (Å²) in [5, 5.41) is 3.13. The van der Waals surface area contributed by atoms with E-state index in [4.69, 9.17) is 4.74 Å². The zero-order valence-corrected chi connectivity index (χ0v) is 12.4. The van der Waals surface area contributed by atoms with Gasteiger partial charge in [-0.3, -0.25) is 0 Å². The summed E-state index contributed by atoms with van der Waals surface area (Å²) in [5.74, 6) is 1.64. The Balaban J connectivity index is 2.26. The lowest BCUT2D eigenvalue weighted by Crippen LogP contribution is -2.19. The van der Waals surface area contributed by atoms with E-state index in [-0.39, 0.29) is 5.82 Å². The monoisotopic (exact) mass is 290 g/mol. The third kappa shape index (κ3) is 3.59. The van der Waals surface area contributed by atoms with Crippen LogP contribution >= 0.6 is 0 Å². The highest BCUT2D eigenvalue weighted by molar-refractivity contribution is 5.64. The van der Waals surface area contributed by atoms with Crippen molar-refractivity contribution in [3.8, 4) is 5.75 Å². The molecule has 0 amide bonds. The molecule has 0 saturated carbocycles. The molecular weight excluding hydrogens is 271 g/mol. The Bertz CT molecular complexity index is 606. The Morgan fingerprint density at radius 1 is 1.33 bits per heavy atom. The zero-order valence-electron chi connectivity index (χ0n) is 12.4. The molecule has 5 nitrogen and oxygen atoms in total. The molecule has 1 aromatic carbocycles. The molecule has 112 valence electrons. The van der Waals surface area contributed by atoms with Crippen LogP contribution in [0.1, 0.15) is 12.5 Å². The molecular formula is C15H19FN4O. The number of anilines is 2. The number of rotatable bonds is 6. The Hall–Kier alpha value is -2.37. The topological polar surface area (TPSA) is 50.3 Å². The lowest BCUT2D eigenvalue weighted by molar-refractivity contribution is 0.412. The van der Waals surface area contributed by atoms with E-state index in [1.165, 1.54) is 18.5 Å². The summed E-state index contributed by atoms with van der Waals surface area (Å²) in [6.07, 6.45) is 1.48. The zero-order chi connectivity index (χ0) is 15.2. The average molecular weight is 290 g/mol. The van der Waals surface area contributed by atoms with Crippen molar-refractivity contribution in [2.75, 3.05) is 30.9 Å². The quantitative estimate of drug-likeness (QED) is 0.886. The maximum Gasteiger partial charge on any atom is 0.204 e. The van der Waals surface area contributed by atoms with Gasteiger partial charge in [0.15, 0.2) is 11.6 Å². The Labute approximate surface area is 123 Å². The number of aromatic nitrogens is 2. The number of nitrogens with zero attached hydrogens (tertiary/aromatic N) is 3. The minimum Gasteiger partial charge on any atom is -0.490 e. The van der Waals surface area contributed by atoms with Gasteiger partial charge in [-0.05, 0) is 24.6 Å². The van der Waals surface area contributed by atoms with Crippen LogP contribution in [0.25, 0.3) is 0 Å². The smallest absolute Gasteiger partial charge is 0.204 e. The number of benzene rings is 1. The van der Waals surface area contributed by atoms with Gasteiger partial charge in [0.1, 0.15) is 12.1 Å². The lowest BCUT2D eigenvalue weighted by atomic mass is 10.2. The number of hydrogen-bond donors (Lipinski definition) is 1. The summed E-state index contributed by atoms with van der Waals surface area (Å²) in [7, 11) is 3.46. The van der Waals surface area contributed by atoms with Crippen LogP contribution in [-0.2, 0) is 6.54 Å². The molecule has 0 aliphatic rings. The van der Waals surface area contributed by atoms with Gasteiger partial charge in [0.25, 0.3) is 0 Å². The normalized spacial score (nSPS) is 10.3. The van der Waals surface area contributed by atoms with Crippen molar-refractivity contribution in [3.05, 3.63) is 42.0 Å². The van der Waals surface area contributed by atoms with Crippen molar-refractivity contribution in [3.63, 3.8) is 0 Å². The number of methoxy groups -OCH3 is 1. The number of hydrogen-bond acceptors (Lipinski definition) is 5. The van der Waals surface area contributed by atoms with E-state index in [2.05, 4.69) is 15.3 Å². The third-order valence-electron chi connectivity index (χ3n) is 3.00. The highest BCUT2D eigenvalue weighted by Gasteiger charge is 2.15. The molecule has 1 heterocycles. The van der Waals surface area contributed by atoms with Crippen LogP contribution in [0.5, 0.6) is 5.75 Å². The first-order chi connectivity index (χ1) is 10.2. The molecule has 0 aliphatic carbocycles. The molecule has 6 heteroatoms. The van der Waals surface area contributed by atoms with Crippen molar-refractivity contribution in [1.29, 1.82) is 0 Å². The van der Waals surface area contributed by atoms with E-state index < -0.39 is 0 Å². The van der Waals surface area contributed by atoms with Crippen molar-refractivity contribution in [1.82, 2.24) is 9.97 Å². The Kier molecular flexibility index (Phi) is 4.92. The largest absolute Gasteiger partial charge is 0.490 e. The fraction of sp³-hybridized carbons (Fsp3) is 0.333.